The number of aliphatic hydroxyl groups is 1. The fourth-order valence-corrected chi connectivity index (χ4v) is 3.13. The number of nitrogens with one attached hydrogen (secondary N) is 1. The molecule has 112 valence electrons. The Morgan fingerprint density at radius 2 is 2.33 bits per heavy atom. The first-order valence-corrected chi connectivity index (χ1v) is 8.30. The third-order valence-electron chi connectivity index (χ3n) is 3.74. The van der Waals surface area contributed by atoms with E-state index in [4.69, 9.17) is 5.11 Å². The van der Waals surface area contributed by atoms with Gasteiger partial charge in [0.2, 0.25) is 0 Å². The van der Waals surface area contributed by atoms with Crippen molar-refractivity contribution >= 4 is 17.7 Å². The lowest BCUT2D eigenvalue weighted by molar-refractivity contribution is 0.0943. The number of aliphatic hydroxyl groups excluding tert-OH is 1. The Kier molecular flexibility index (Phi) is 5.66. The summed E-state index contributed by atoms with van der Waals surface area (Å²) < 4.78 is 0.224. The van der Waals surface area contributed by atoms with E-state index < -0.39 is 0 Å². The molecule has 1 aliphatic carbocycles. The lowest BCUT2D eigenvalue weighted by Crippen LogP contribution is -2.45. The van der Waals surface area contributed by atoms with Crippen molar-refractivity contribution in [2.75, 3.05) is 19.4 Å². The summed E-state index contributed by atoms with van der Waals surface area (Å²) in [5.74, 6) is 5.61. The van der Waals surface area contributed by atoms with Crippen molar-refractivity contribution in [3.05, 3.63) is 29.6 Å². The molecule has 0 unspecified atom stereocenters. The van der Waals surface area contributed by atoms with Crippen LogP contribution in [0.1, 0.15) is 41.6 Å². The van der Waals surface area contributed by atoms with E-state index in [-0.39, 0.29) is 17.3 Å². The largest absolute Gasteiger partial charge is 0.395 e. The Morgan fingerprint density at radius 1 is 1.52 bits per heavy atom. The van der Waals surface area contributed by atoms with E-state index in [1.807, 2.05) is 11.8 Å². The number of hydrogen-bond donors (Lipinski definition) is 2. The first kappa shape index (κ1) is 15.9. The van der Waals surface area contributed by atoms with Gasteiger partial charge in [-0.2, -0.15) is 11.8 Å². The molecule has 0 bridgehead atoms. The van der Waals surface area contributed by atoms with Crippen molar-refractivity contribution in [1.29, 1.82) is 0 Å². The number of aromatic nitrogens is 1. The molecule has 0 atom stereocenters. The summed E-state index contributed by atoms with van der Waals surface area (Å²) in [6, 6.07) is 1.74. The minimum Gasteiger partial charge on any atom is -0.395 e. The number of amides is 1. The summed E-state index contributed by atoms with van der Waals surface area (Å²) in [5, 5.41) is 11.7. The fraction of sp³-hybridized carbons (Fsp3) is 0.500. The maximum absolute atomic E-state index is 12.2. The Hall–Kier alpha value is -1.51. The Labute approximate surface area is 129 Å². The summed E-state index contributed by atoms with van der Waals surface area (Å²) in [6.45, 7) is 0.741. The molecular formula is C16H20N2O2S. The first-order valence-electron chi connectivity index (χ1n) is 7.07. The molecule has 1 aromatic heterocycles. The molecule has 1 fully saturated rings. The number of nitrogens with zero attached hydrogens (tertiary/aromatic N) is 1. The Balaban J connectivity index is 1.96. The zero-order valence-electron chi connectivity index (χ0n) is 12.2. The SMILES string of the molecule is CSC1(CNC(=O)c2cncc(C#CCCO)c2)CCC1. The van der Waals surface area contributed by atoms with Gasteiger partial charge in [0.15, 0.2) is 0 Å². The Morgan fingerprint density at radius 3 is 2.95 bits per heavy atom. The van der Waals surface area contributed by atoms with E-state index in [0.29, 0.717) is 24.1 Å². The molecule has 1 heterocycles. The monoisotopic (exact) mass is 304 g/mol. The van der Waals surface area contributed by atoms with Crippen LogP contribution in [-0.2, 0) is 0 Å². The highest BCUT2D eigenvalue weighted by Gasteiger charge is 2.36. The van der Waals surface area contributed by atoms with Crippen molar-refractivity contribution < 1.29 is 9.90 Å². The van der Waals surface area contributed by atoms with Gasteiger partial charge in [0, 0.05) is 35.7 Å². The van der Waals surface area contributed by atoms with E-state index in [1.165, 1.54) is 19.3 Å². The van der Waals surface area contributed by atoms with Crippen LogP contribution in [0.15, 0.2) is 18.5 Å². The average molecular weight is 304 g/mol. The highest BCUT2D eigenvalue weighted by Crippen LogP contribution is 2.42. The number of carbonyl (C=O) groups excluding carboxylic acids is 1. The lowest BCUT2D eigenvalue weighted by atomic mass is 9.84. The smallest absolute Gasteiger partial charge is 0.252 e. The molecule has 1 aromatic rings. The molecule has 0 spiro atoms. The minimum absolute atomic E-state index is 0.0391. The van der Waals surface area contributed by atoms with Crippen LogP contribution in [0.5, 0.6) is 0 Å². The third-order valence-corrected chi connectivity index (χ3v) is 5.16. The van der Waals surface area contributed by atoms with Crippen LogP contribution in [0.2, 0.25) is 0 Å². The van der Waals surface area contributed by atoms with Crippen molar-refractivity contribution in [3.63, 3.8) is 0 Å². The van der Waals surface area contributed by atoms with Crippen LogP contribution in [0.4, 0.5) is 0 Å². The summed E-state index contributed by atoms with van der Waals surface area (Å²) in [5.41, 5.74) is 1.22. The predicted molar refractivity (Wildman–Crippen MR) is 85.2 cm³/mol. The van der Waals surface area contributed by atoms with Gasteiger partial charge in [-0.05, 0) is 25.2 Å². The second kappa shape index (κ2) is 7.48. The quantitative estimate of drug-likeness (QED) is 0.815. The van der Waals surface area contributed by atoms with Crippen molar-refractivity contribution in [2.45, 2.75) is 30.4 Å². The van der Waals surface area contributed by atoms with E-state index in [2.05, 4.69) is 28.4 Å². The van der Waals surface area contributed by atoms with Crippen molar-refractivity contribution in [1.82, 2.24) is 10.3 Å². The topological polar surface area (TPSA) is 62.2 Å². The van der Waals surface area contributed by atoms with E-state index in [0.717, 1.165) is 0 Å². The molecule has 5 heteroatoms. The molecule has 0 saturated heterocycles. The highest BCUT2D eigenvalue weighted by atomic mass is 32.2. The summed E-state index contributed by atoms with van der Waals surface area (Å²) >= 11 is 1.84. The fourth-order valence-electron chi connectivity index (χ4n) is 2.22. The summed E-state index contributed by atoms with van der Waals surface area (Å²) in [4.78, 5) is 16.2. The number of hydrogen-bond acceptors (Lipinski definition) is 4. The first-order chi connectivity index (χ1) is 10.2. The summed E-state index contributed by atoms with van der Waals surface area (Å²) in [6.07, 6.45) is 9.28. The number of carbonyl (C=O) groups is 1. The van der Waals surface area contributed by atoms with Crippen LogP contribution >= 0.6 is 11.8 Å². The van der Waals surface area contributed by atoms with Gasteiger partial charge < -0.3 is 10.4 Å². The molecule has 21 heavy (non-hydrogen) atoms. The highest BCUT2D eigenvalue weighted by molar-refractivity contribution is 8.00. The Bertz CT molecular complexity index is 553. The van der Waals surface area contributed by atoms with E-state index in [1.54, 1.807) is 18.5 Å². The van der Waals surface area contributed by atoms with Gasteiger partial charge in [-0.15, -0.1) is 0 Å². The predicted octanol–water partition coefficient (Wildman–Crippen LogP) is 1.83. The van der Waals surface area contributed by atoms with Gasteiger partial charge in [0.05, 0.1) is 12.2 Å². The number of thioether (sulfide) groups is 1. The third kappa shape index (κ3) is 4.23. The maximum atomic E-state index is 12.2. The molecular weight excluding hydrogens is 284 g/mol. The minimum atomic E-state index is -0.103. The number of rotatable bonds is 5. The van der Waals surface area contributed by atoms with E-state index in [9.17, 15) is 4.79 Å². The molecule has 0 aromatic carbocycles. The average Bonchev–Trinajstić information content (AvgIpc) is 2.47. The molecule has 4 nitrogen and oxygen atoms in total. The van der Waals surface area contributed by atoms with Crippen LogP contribution in [0, 0.1) is 11.8 Å². The normalized spacial score (nSPS) is 15.5. The van der Waals surface area contributed by atoms with Crippen LogP contribution in [-0.4, -0.2) is 40.2 Å². The molecule has 1 saturated carbocycles. The zero-order valence-corrected chi connectivity index (χ0v) is 13.0. The maximum Gasteiger partial charge on any atom is 0.252 e. The van der Waals surface area contributed by atoms with Crippen molar-refractivity contribution in [3.8, 4) is 11.8 Å². The van der Waals surface area contributed by atoms with Gasteiger partial charge in [0.1, 0.15) is 0 Å². The molecule has 0 aliphatic heterocycles. The lowest BCUT2D eigenvalue weighted by Gasteiger charge is -2.40. The second-order valence-corrected chi connectivity index (χ2v) is 6.44. The molecule has 1 aliphatic rings. The van der Waals surface area contributed by atoms with Crippen LogP contribution < -0.4 is 5.32 Å². The number of pyridine rings is 1. The van der Waals surface area contributed by atoms with Gasteiger partial charge in [-0.1, -0.05) is 18.3 Å². The molecule has 1 amide bonds. The molecule has 2 N–H and O–H groups in total. The van der Waals surface area contributed by atoms with Gasteiger partial charge in [-0.25, -0.2) is 0 Å². The molecule has 2 rings (SSSR count). The standard InChI is InChI=1S/C16H20N2O2S/c1-21-16(6-4-7-16)12-18-15(20)14-9-13(10-17-11-14)5-2-3-8-19/h9-11,19H,3-4,6-8,12H2,1H3,(H,18,20). The molecule has 0 radical (unpaired) electrons. The van der Waals surface area contributed by atoms with Crippen molar-refractivity contribution in [2.24, 2.45) is 0 Å². The second-order valence-electron chi connectivity index (χ2n) is 5.16. The van der Waals surface area contributed by atoms with Gasteiger partial charge in [-0.3, -0.25) is 9.78 Å². The zero-order chi connectivity index (χ0) is 15.1. The van der Waals surface area contributed by atoms with Gasteiger partial charge in [0.25, 0.3) is 5.91 Å². The van der Waals surface area contributed by atoms with Crippen LogP contribution in [0.3, 0.4) is 0 Å². The van der Waals surface area contributed by atoms with E-state index >= 15 is 0 Å². The van der Waals surface area contributed by atoms with Gasteiger partial charge >= 0.3 is 0 Å². The summed E-state index contributed by atoms with van der Waals surface area (Å²) in [7, 11) is 0. The van der Waals surface area contributed by atoms with Crippen LogP contribution in [0.25, 0.3) is 0 Å².